The maximum Gasteiger partial charge on any atom is 0.126 e. The summed E-state index contributed by atoms with van der Waals surface area (Å²) in [7, 11) is 1.75. The molecule has 1 aliphatic rings. The minimum absolute atomic E-state index is 0.0863. The molecule has 0 N–H and O–H groups in total. The van der Waals surface area contributed by atoms with Gasteiger partial charge >= 0.3 is 0 Å². The summed E-state index contributed by atoms with van der Waals surface area (Å²) in [6.07, 6.45) is 16.1. The van der Waals surface area contributed by atoms with Gasteiger partial charge in [0, 0.05) is 5.56 Å². The summed E-state index contributed by atoms with van der Waals surface area (Å²) in [6, 6.07) is 2.11. The van der Waals surface area contributed by atoms with E-state index in [0.717, 1.165) is 56.4 Å². The molecule has 172 valence electrons. The van der Waals surface area contributed by atoms with Gasteiger partial charge in [-0.2, -0.15) is 0 Å². The van der Waals surface area contributed by atoms with E-state index in [2.05, 4.69) is 72.8 Å². The Hall–Kier alpha value is -1.96. The lowest BCUT2D eigenvalue weighted by Crippen LogP contribution is -2.36. The molecule has 2 heteroatoms. The second kappa shape index (κ2) is 11.6. The van der Waals surface area contributed by atoms with Crippen molar-refractivity contribution in [1.82, 2.24) is 0 Å². The van der Waals surface area contributed by atoms with Crippen molar-refractivity contribution in [2.75, 3.05) is 7.11 Å². The van der Waals surface area contributed by atoms with Crippen LogP contribution in [0.4, 0.5) is 0 Å². The Balaban J connectivity index is 1.86. The first-order valence-electron chi connectivity index (χ1n) is 12.0. The minimum Gasteiger partial charge on any atom is -0.496 e. The van der Waals surface area contributed by atoms with E-state index in [9.17, 15) is 0 Å². The number of fused-ring (bicyclic) bond motifs is 1. The number of aryl methyl sites for hydroxylation is 1. The molecule has 0 radical (unpaired) electrons. The third-order valence-corrected chi connectivity index (χ3v) is 6.56. The van der Waals surface area contributed by atoms with Crippen LogP contribution in [-0.4, -0.2) is 12.7 Å². The lowest BCUT2D eigenvalue weighted by atomic mass is 9.86. The first kappa shape index (κ1) is 25.3. The van der Waals surface area contributed by atoms with Crippen LogP contribution < -0.4 is 9.47 Å². The van der Waals surface area contributed by atoms with Crippen LogP contribution in [0, 0.1) is 13.8 Å². The summed E-state index contributed by atoms with van der Waals surface area (Å²) in [6.45, 7) is 15.4. The molecule has 2 rings (SSSR count). The van der Waals surface area contributed by atoms with Crippen molar-refractivity contribution >= 4 is 0 Å². The summed E-state index contributed by atoms with van der Waals surface area (Å²) < 4.78 is 12.1. The van der Waals surface area contributed by atoms with Crippen molar-refractivity contribution in [1.29, 1.82) is 0 Å². The molecule has 0 aromatic heterocycles. The zero-order valence-electron chi connectivity index (χ0n) is 21.3. The molecule has 1 aromatic carbocycles. The van der Waals surface area contributed by atoms with Crippen molar-refractivity contribution in [3.63, 3.8) is 0 Å². The van der Waals surface area contributed by atoms with E-state index in [1.54, 1.807) is 7.11 Å². The standard InChI is InChI=1S/C29H44O2/c1-21(2)12-9-13-22(3)14-10-15-23(4)16-11-18-29(7)19-17-26-25(6)27(30-8)20-24(5)28(26)31-29/h12,14,16,20H,9-11,13,15,17-19H2,1-8H3. The molecule has 0 amide bonds. The van der Waals surface area contributed by atoms with E-state index in [4.69, 9.17) is 9.47 Å². The Labute approximate surface area is 191 Å². The van der Waals surface area contributed by atoms with E-state index in [1.165, 1.54) is 39.8 Å². The number of methoxy groups -OCH3 is 1. The summed E-state index contributed by atoms with van der Waals surface area (Å²) in [5, 5.41) is 0. The monoisotopic (exact) mass is 424 g/mol. The number of hydrogen-bond donors (Lipinski definition) is 0. The number of hydrogen-bond acceptors (Lipinski definition) is 2. The van der Waals surface area contributed by atoms with Crippen LogP contribution in [0.25, 0.3) is 0 Å². The van der Waals surface area contributed by atoms with Crippen molar-refractivity contribution in [2.45, 2.75) is 105 Å². The zero-order valence-corrected chi connectivity index (χ0v) is 21.3. The second-order valence-corrected chi connectivity index (χ2v) is 9.88. The highest BCUT2D eigenvalue weighted by molar-refractivity contribution is 5.54. The molecule has 1 unspecified atom stereocenters. The van der Waals surface area contributed by atoms with Crippen molar-refractivity contribution < 1.29 is 9.47 Å². The van der Waals surface area contributed by atoms with Gasteiger partial charge in [-0.25, -0.2) is 0 Å². The lowest BCUT2D eigenvalue weighted by Gasteiger charge is -2.37. The first-order valence-corrected chi connectivity index (χ1v) is 12.0. The van der Waals surface area contributed by atoms with Gasteiger partial charge < -0.3 is 9.47 Å². The summed E-state index contributed by atoms with van der Waals surface area (Å²) in [4.78, 5) is 0. The highest BCUT2D eigenvalue weighted by atomic mass is 16.5. The zero-order chi connectivity index (χ0) is 23.0. The average molecular weight is 425 g/mol. The fourth-order valence-corrected chi connectivity index (χ4v) is 4.41. The van der Waals surface area contributed by atoms with Gasteiger partial charge in [-0.15, -0.1) is 0 Å². The topological polar surface area (TPSA) is 18.5 Å². The molecule has 2 nitrogen and oxygen atoms in total. The van der Waals surface area contributed by atoms with Crippen LogP contribution in [0.2, 0.25) is 0 Å². The molecule has 1 aliphatic heterocycles. The minimum atomic E-state index is -0.0863. The fraction of sp³-hybridized carbons (Fsp3) is 0.586. The Morgan fingerprint density at radius 3 is 2.23 bits per heavy atom. The predicted octanol–water partition coefficient (Wildman–Crippen LogP) is 8.60. The summed E-state index contributed by atoms with van der Waals surface area (Å²) >= 11 is 0. The highest BCUT2D eigenvalue weighted by Gasteiger charge is 2.33. The molecule has 0 spiro atoms. The van der Waals surface area contributed by atoms with Crippen molar-refractivity contribution in [2.24, 2.45) is 0 Å². The third kappa shape index (κ3) is 7.59. The Morgan fingerprint density at radius 1 is 1.00 bits per heavy atom. The van der Waals surface area contributed by atoms with E-state index >= 15 is 0 Å². The van der Waals surface area contributed by atoms with Crippen LogP contribution in [0.3, 0.4) is 0 Å². The average Bonchev–Trinajstić information content (AvgIpc) is 2.70. The maximum atomic E-state index is 6.58. The molecule has 1 atom stereocenters. The maximum absolute atomic E-state index is 6.58. The molecule has 1 aromatic rings. The SMILES string of the molecule is COc1cc(C)c2c(c1C)CCC(C)(CCC=C(C)CCC=C(C)CCC=C(C)C)O2. The number of allylic oxidation sites excluding steroid dienone is 6. The largest absolute Gasteiger partial charge is 0.496 e. The van der Waals surface area contributed by atoms with Gasteiger partial charge in [0.15, 0.2) is 0 Å². The quantitative estimate of drug-likeness (QED) is 0.350. The van der Waals surface area contributed by atoms with E-state index in [0.29, 0.717) is 0 Å². The van der Waals surface area contributed by atoms with Crippen LogP contribution in [0.5, 0.6) is 11.5 Å². The summed E-state index contributed by atoms with van der Waals surface area (Å²) in [5.74, 6) is 2.06. The van der Waals surface area contributed by atoms with Gasteiger partial charge in [0.1, 0.15) is 17.1 Å². The van der Waals surface area contributed by atoms with Crippen molar-refractivity contribution in [3.8, 4) is 11.5 Å². The smallest absolute Gasteiger partial charge is 0.126 e. The third-order valence-electron chi connectivity index (χ3n) is 6.56. The summed E-state index contributed by atoms with van der Waals surface area (Å²) in [5.41, 5.74) is 8.06. The van der Waals surface area contributed by atoms with Crippen LogP contribution in [0.15, 0.2) is 41.0 Å². The van der Waals surface area contributed by atoms with Gasteiger partial charge in [-0.05, 0) is 117 Å². The van der Waals surface area contributed by atoms with Gasteiger partial charge in [-0.3, -0.25) is 0 Å². The second-order valence-electron chi connectivity index (χ2n) is 9.88. The van der Waals surface area contributed by atoms with Crippen LogP contribution in [0.1, 0.15) is 96.3 Å². The van der Waals surface area contributed by atoms with Gasteiger partial charge in [-0.1, -0.05) is 34.9 Å². The molecular weight excluding hydrogens is 380 g/mol. The normalized spacial score (nSPS) is 19.0. The van der Waals surface area contributed by atoms with Crippen LogP contribution >= 0.6 is 0 Å². The van der Waals surface area contributed by atoms with E-state index < -0.39 is 0 Å². The van der Waals surface area contributed by atoms with Crippen LogP contribution in [-0.2, 0) is 6.42 Å². The highest BCUT2D eigenvalue weighted by Crippen LogP contribution is 2.42. The molecule has 0 saturated heterocycles. The lowest BCUT2D eigenvalue weighted by molar-refractivity contribution is 0.0559. The van der Waals surface area contributed by atoms with E-state index in [1.807, 2.05) is 0 Å². The molecule has 0 aliphatic carbocycles. The number of rotatable bonds is 10. The predicted molar refractivity (Wildman–Crippen MR) is 134 cm³/mol. The molecule has 31 heavy (non-hydrogen) atoms. The Bertz CT molecular complexity index is 837. The van der Waals surface area contributed by atoms with Gasteiger partial charge in [0.2, 0.25) is 0 Å². The molecule has 0 saturated carbocycles. The molecule has 0 fully saturated rings. The van der Waals surface area contributed by atoms with Crippen molar-refractivity contribution in [3.05, 3.63) is 57.7 Å². The Morgan fingerprint density at radius 2 is 1.61 bits per heavy atom. The molecule has 0 bridgehead atoms. The Kier molecular flexibility index (Phi) is 9.47. The van der Waals surface area contributed by atoms with Gasteiger partial charge in [0.05, 0.1) is 7.11 Å². The first-order chi connectivity index (χ1) is 14.6. The van der Waals surface area contributed by atoms with E-state index in [-0.39, 0.29) is 5.60 Å². The fourth-order valence-electron chi connectivity index (χ4n) is 4.41. The van der Waals surface area contributed by atoms with Gasteiger partial charge in [0.25, 0.3) is 0 Å². The molecular formula is C29H44O2. The number of ether oxygens (including phenoxy) is 2. The molecule has 1 heterocycles. The number of benzene rings is 1.